The molecule has 0 saturated carbocycles. The van der Waals surface area contributed by atoms with E-state index in [1.807, 2.05) is 6.20 Å². The Balaban J connectivity index is 2.60. The van der Waals surface area contributed by atoms with Crippen LogP contribution in [0.5, 0.6) is 0 Å². The predicted molar refractivity (Wildman–Crippen MR) is 79.1 cm³/mol. The Morgan fingerprint density at radius 1 is 1.28 bits per heavy atom. The average Bonchev–Trinajstić information content (AvgIpc) is 2.36. The summed E-state index contributed by atoms with van der Waals surface area (Å²) in [6, 6.07) is 2.24. The number of nitrogens with one attached hydrogen (secondary N) is 1. The van der Waals surface area contributed by atoms with Gasteiger partial charge < -0.3 is 10.2 Å². The van der Waals surface area contributed by atoms with Gasteiger partial charge in [0.15, 0.2) is 0 Å². The molecular weight excluding hydrogens is 222 g/mol. The van der Waals surface area contributed by atoms with E-state index in [0.29, 0.717) is 0 Å². The second kappa shape index (κ2) is 8.09. The molecule has 0 bridgehead atoms. The summed E-state index contributed by atoms with van der Waals surface area (Å²) in [4.78, 5) is 6.86. The first kappa shape index (κ1) is 15.0. The zero-order valence-electron chi connectivity index (χ0n) is 12.3. The van der Waals surface area contributed by atoms with Crippen molar-refractivity contribution < 1.29 is 0 Å². The van der Waals surface area contributed by atoms with Gasteiger partial charge in [-0.25, -0.2) is 4.98 Å². The molecule has 0 radical (unpaired) electrons. The maximum atomic E-state index is 4.60. The first-order valence-corrected chi connectivity index (χ1v) is 7.06. The van der Waals surface area contributed by atoms with Crippen LogP contribution in [-0.2, 0) is 6.54 Å². The predicted octanol–water partition coefficient (Wildman–Crippen LogP) is 3.13. The Bertz CT molecular complexity index is 350. The number of hydrogen-bond donors (Lipinski definition) is 1. The van der Waals surface area contributed by atoms with Gasteiger partial charge in [0, 0.05) is 26.3 Å². The fraction of sp³-hybridized carbons (Fsp3) is 0.667. The van der Waals surface area contributed by atoms with E-state index >= 15 is 0 Å². The summed E-state index contributed by atoms with van der Waals surface area (Å²) >= 11 is 0. The minimum absolute atomic E-state index is 0.907. The Kier molecular flexibility index (Phi) is 6.73. The summed E-state index contributed by atoms with van der Waals surface area (Å²) < 4.78 is 0. The highest BCUT2D eigenvalue weighted by Gasteiger charge is 2.06. The zero-order valence-corrected chi connectivity index (χ0v) is 12.3. The van der Waals surface area contributed by atoms with Crippen molar-refractivity contribution in [2.75, 3.05) is 25.0 Å². The van der Waals surface area contributed by atoms with Crippen molar-refractivity contribution in [3.05, 3.63) is 23.4 Å². The molecule has 0 fully saturated rings. The molecule has 1 N–H and O–H groups in total. The number of aryl methyl sites for hydroxylation is 1. The van der Waals surface area contributed by atoms with Gasteiger partial charge in [-0.1, -0.05) is 26.7 Å². The minimum atomic E-state index is 0.907. The molecule has 0 aliphatic carbocycles. The molecule has 3 heteroatoms. The van der Waals surface area contributed by atoms with Gasteiger partial charge in [-0.2, -0.15) is 0 Å². The van der Waals surface area contributed by atoms with Crippen LogP contribution in [0.1, 0.15) is 44.2 Å². The van der Waals surface area contributed by atoms with Crippen LogP contribution in [0.15, 0.2) is 12.3 Å². The largest absolute Gasteiger partial charge is 0.359 e. The van der Waals surface area contributed by atoms with Crippen molar-refractivity contribution in [1.29, 1.82) is 0 Å². The summed E-state index contributed by atoms with van der Waals surface area (Å²) in [5, 5.41) is 3.33. The molecule has 18 heavy (non-hydrogen) atoms. The molecule has 0 aliphatic heterocycles. The normalized spacial score (nSPS) is 10.7. The first-order valence-electron chi connectivity index (χ1n) is 7.06. The van der Waals surface area contributed by atoms with E-state index in [1.54, 1.807) is 0 Å². The number of nitrogens with zero attached hydrogens (tertiary/aromatic N) is 2. The maximum Gasteiger partial charge on any atom is 0.131 e. The molecule has 3 nitrogen and oxygen atoms in total. The van der Waals surface area contributed by atoms with Crippen LogP contribution < -0.4 is 10.2 Å². The number of aromatic nitrogens is 1. The quantitative estimate of drug-likeness (QED) is 0.717. The van der Waals surface area contributed by atoms with Gasteiger partial charge in [-0.05, 0) is 37.1 Å². The van der Waals surface area contributed by atoms with Crippen molar-refractivity contribution in [2.24, 2.45) is 0 Å². The number of rotatable bonds is 8. The molecule has 0 unspecified atom stereocenters. The highest BCUT2D eigenvalue weighted by molar-refractivity contribution is 5.46. The summed E-state index contributed by atoms with van der Waals surface area (Å²) in [7, 11) is 2.13. The van der Waals surface area contributed by atoms with Crippen LogP contribution >= 0.6 is 0 Å². The summed E-state index contributed by atoms with van der Waals surface area (Å²) in [5.41, 5.74) is 2.53. The van der Waals surface area contributed by atoms with Crippen molar-refractivity contribution in [1.82, 2.24) is 10.3 Å². The number of unbranched alkanes of at least 4 members (excludes halogenated alkanes) is 2. The number of hydrogen-bond acceptors (Lipinski definition) is 3. The lowest BCUT2D eigenvalue weighted by molar-refractivity contribution is 0.698. The smallest absolute Gasteiger partial charge is 0.131 e. The monoisotopic (exact) mass is 249 g/mol. The standard InChI is InChI=1S/C15H27N3/c1-5-7-8-9-18(4)15-13(3)10-14(12-17-15)11-16-6-2/h10,12,16H,5-9,11H2,1-4H3. The van der Waals surface area contributed by atoms with Crippen LogP contribution in [0.4, 0.5) is 5.82 Å². The third kappa shape index (κ3) is 4.65. The zero-order chi connectivity index (χ0) is 13.4. The van der Waals surface area contributed by atoms with Crippen LogP contribution in [-0.4, -0.2) is 25.1 Å². The summed E-state index contributed by atoms with van der Waals surface area (Å²) in [6.07, 6.45) is 5.79. The van der Waals surface area contributed by atoms with E-state index in [4.69, 9.17) is 0 Å². The van der Waals surface area contributed by atoms with Gasteiger partial charge in [0.05, 0.1) is 0 Å². The lowest BCUT2D eigenvalue weighted by atomic mass is 10.2. The molecule has 0 atom stereocenters. The van der Waals surface area contributed by atoms with E-state index in [9.17, 15) is 0 Å². The van der Waals surface area contributed by atoms with Gasteiger partial charge in [0.2, 0.25) is 0 Å². The van der Waals surface area contributed by atoms with Crippen LogP contribution in [0, 0.1) is 6.92 Å². The number of anilines is 1. The van der Waals surface area contributed by atoms with E-state index in [0.717, 1.165) is 25.5 Å². The molecule has 0 saturated heterocycles. The highest BCUT2D eigenvalue weighted by atomic mass is 15.2. The molecule has 0 spiro atoms. The lowest BCUT2D eigenvalue weighted by Gasteiger charge is -2.20. The summed E-state index contributed by atoms with van der Waals surface area (Å²) in [6.45, 7) is 9.50. The van der Waals surface area contributed by atoms with Crippen molar-refractivity contribution >= 4 is 5.82 Å². The van der Waals surface area contributed by atoms with Gasteiger partial charge in [-0.15, -0.1) is 0 Å². The molecule has 102 valence electrons. The van der Waals surface area contributed by atoms with Crippen LogP contribution in [0.2, 0.25) is 0 Å². The molecule has 1 rings (SSSR count). The Morgan fingerprint density at radius 3 is 2.67 bits per heavy atom. The molecule has 0 aliphatic rings. The van der Waals surface area contributed by atoms with Crippen molar-refractivity contribution in [2.45, 2.75) is 46.6 Å². The third-order valence-electron chi connectivity index (χ3n) is 3.15. The number of pyridine rings is 1. The minimum Gasteiger partial charge on any atom is -0.359 e. The molecule has 0 amide bonds. The Labute approximate surface area is 112 Å². The fourth-order valence-corrected chi connectivity index (χ4v) is 2.10. The summed E-state index contributed by atoms with van der Waals surface area (Å²) in [5.74, 6) is 1.12. The van der Waals surface area contributed by atoms with E-state index in [2.05, 4.69) is 49.1 Å². The molecule has 1 aromatic rings. The topological polar surface area (TPSA) is 28.2 Å². The average molecular weight is 249 g/mol. The second-order valence-electron chi connectivity index (χ2n) is 4.89. The van der Waals surface area contributed by atoms with Crippen LogP contribution in [0.3, 0.4) is 0 Å². The van der Waals surface area contributed by atoms with Crippen LogP contribution in [0.25, 0.3) is 0 Å². The van der Waals surface area contributed by atoms with Gasteiger partial charge in [-0.3, -0.25) is 0 Å². The van der Waals surface area contributed by atoms with Crippen molar-refractivity contribution in [3.8, 4) is 0 Å². The van der Waals surface area contributed by atoms with E-state index < -0.39 is 0 Å². The van der Waals surface area contributed by atoms with E-state index in [-0.39, 0.29) is 0 Å². The van der Waals surface area contributed by atoms with Gasteiger partial charge in [0.25, 0.3) is 0 Å². The maximum absolute atomic E-state index is 4.60. The Morgan fingerprint density at radius 2 is 2.06 bits per heavy atom. The highest BCUT2D eigenvalue weighted by Crippen LogP contribution is 2.17. The molecular formula is C15H27N3. The molecule has 1 aromatic heterocycles. The SMILES string of the molecule is CCCCCN(C)c1ncc(CNCC)cc1C. The fourth-order valence-electron chi connectivity index (χ4n) is 2.10. The molecule has 0 aromatic carbocycles. The third-order valence-corrected chi connectivity index (χ3v) is 3.15. The van der Waals surface area contributed by atoms with Gasteiger partial charge >= 0.3 is 0 Å². The molecule has 1 heterocycles. The van der Waals surface area contributed by atoms with Gasteiger partial charge in [0.1, 0.15) is 5.82 Å². The van der Waals surface area contributed by atoms with Crippen molar-refractivity contribution in [3.63, 3.8) is 0 Å². The second-order valence-corrected chi connectivity index (χ2v) is 4.89. The van der Waals surface area contributed by atoms with E-state index in [1.165, 1.54) is 30.4 Å². The first-order chi connectivity index (χ1) is 8.69. The lowest BCUT2D eigenvalue weighted by Crippen LogP contribution is -2.21. The Hall–Kier alpha value is -1.09.